The van der Waals surface area contributed by atoms with E-state index in [9.17, 15) is 14.4 Å². The summed E-state index contributed by atoms with van der Waals surface area (Å²) in [5, 5.41) is 6.59. The number of nitrogens with zero attached hydrogens (tertiary/aromatic N) is 2. The zero-order valence-electron chi connectivity index (χ0n) is 13.8. The average molecular weight is 332 g/mol. The van der Waals surface area contributed by atoms with Crippen molar-refractivity contribution < 1.29 is 19.1 Å². The molecule has 8 heteroatoms. The Hall–Kier alpha value is -2.90. The summed E-state index contributed by atoms with van der Waals surface area (Å²) in [6.45, 7) is 5.24. The van der Waals surface area contributed by atoms with E-state index in [4.69, 9.17) is 4.74 Å². The molecule has 2 N–H and O–H groups in total. The van der Waals surface area contributed by atoms with Crippen molar-refractivity contribution >= 4 is 29.3 Å². The molecule has 0 radical (unpaired) electrons. The fraction of sp³-hybridized carbons (Fsp3) is 0.375. The number of cyclic esters (lactones) is 1. The maximum atomic E-state index is 11.9. The molecule has 1 unspecified atom stereocenters. The number of hydrogen-bond donors (Lipinski definition) is 2. The highest BCUT2D eigenvalue weighted by atomic mass is 16.6. The van der Waals surface area contributed by atoms with E-state index < -0.39 is 6.09 Å². The third-order valence-electron chi connectivity index (χ3n) is 3.43. The summed E-state index contributed by atoms with van der Waals surface area (Å²) in [5.74, 6) is -0.404. The number of hydrogen-bond acceptors (Lipinski definition) is 5. The summed E-state index contributed by atoms with van der Waals surface area (Å²) >= 11 is 0. The number of anilines is 1. The summed E-state index contributed by atoms with van der Waals surface area (Å²) in [6.07, 6.45) is -0.814. The van der Waals surface area contributed by atoms with Crippen LogP contribution in [-0.4, -0.2) is 42.8 Å². The molecule has 24 heavy (non-hydrogen) atoms. The van der Waals surface area contributed by atoms with Crippen LogP contribution in [0.2, 0.25) is 0 Å². The summed E-state index contributed by atoms with van der Waals surface area (Å²) in [5.41, 5.74) is 4.56. The molecule has 128 valence electrons. The van der Waals surface area contributed by atoms with Gasteiger partial charge in [0.05, 0.1) is 18.8 Å². The molecular weight excluding hydrogens is 312 g/mol. The number of benzene rings is 1. The number of hydrazone groups is 1. The quantitative estimate of drug-likeness (QED) is 0.621. The lowest BCUT2D eigenvalue weighted by Gasteiger charge is -2.13. The number of carbonyl (C=O) groups excluding carboxylic acids is 3. The molecule has 1 aliphatic rings. The van der Waals surface area contributed by atoms with Gasteiger partial charge in [0.1, 0.15) is 6.10 Å². The molecule has 1 aliphatic heterocycles. The Balaban J connectivity index is 2.02. The van der Waals surface area contributed by atoms with Gasteiger partial charge in [-0.1, -0.05) is 12.1 Å². The number of ether oxygens (including phenoxy) is 1. The summed E-state index contributed by atoms with van der Waals surface area (Å²) < 4.78 is 5.22. The maximum Gasteiger partial charge on any atom is 0.414 e. The van der Waals surface area contributed by atoms with E-state index in [0.29, 0.717) is 17.9 Å². The first-order chi connectivity index (χ1) is 11.4. The van der Waals surface area contributed by atoms with Crippen molar-refractivity contribution in [1.29, 1.82) is 0 Å². The van der Waals surface area contributed by atoms with Crippen LogP contribution in [0.1, 0.15) is 26.3 Å². The molecule has 0 spiro atoms. The molecule has 1 saturated heterocycles. The molecule has 0 aromatic heterocycles. The smallest absolute Gasteiger partial charge is 0.414 e. The number of amides is 3. The van der Waals surface area contributed by atoms with Gasteiger partial charge in [0.25, 0.3) is 0 Å². The maximum absolute atomic E-state index is 11.9. The number of nitrogens with one attached hydrogen (secondary N) is 2. The lowest BCUT2D eigenvalue weighted by atomic mass is 10.1. The van der Waals surface area contributed by atoms with Crippen LogP contribution in [0.3, 0.4) is 0 Å². The molecule has 1 atom stereocenters. The molecule has 0 aliphatic carbocycles. The second-order valence-corrected chi connectivity index (χ2v) is 5.47. The van der Waals surface area contributed by atoms with E-state index in [1.807, 2.05) is 12.1 Å². The molecule has 3 amide bonds. The van der Waals surface area contributed by atoms with Gasteiger partial charge in [0.2, 0.25) is 11.8 Å². The van der Waals surface area contributed by atoms with Crippen molar-refractivity contribution in [3.63, 3.8) is 0 Å². The van der Waals surface area contributed by atoms with Crippen LogP contribution in [0.25, 0.3) is 0 Å². The van der Waals surface area contributed by atoms with E-state index in [1.54, 1.807) is 19.1 Å². The van der Waals surface area contributed by atoms with Gasteiger partial charge in [0, 0.05) is 19.5 Å². The highest BCUT2D eigenvalue weighted by Gasteiger charge is 2.32. The van der Waals surface area contributed by atoms with Gasteiger partial charge in [-0.3, -0.25) is 14.5 Å². The van der Waals surface area contributed by atoms with Crippen LogP contribution < -0.4 is 15.6 Å². The molecule has 1 aromatic rings. The number of rotatable bonds is 5. The third-order valence-corrected chi connectivity index (χ3v) is 3.43. The van der Waals surface area contributed by atoms with Gasteiger partial charge in [0.15, 0.2) is 0 Å². The Kier molecular flexibility index (Phi) is 5.51. The Labute approximate surface area is 139 Å². The van der Waals surface area contributed by atoms with E-state index in [-0.39, 0.29) is 24.5 Å². The van der Waals surface area contributed by atoms with E-state index >= 15 is 0 Å². The Morgan fingerprint density at radius 3 is 2.46 bits per heavy atom. The van der Waals surface area contributed by atoms with Crippen LogP contribution in [0.5, 0.6) is 0 Å². The second kappa shape index (κ2) is 7.58. The molecular formula is C16H20N4O4. The van der Waals surface area contributed by atoms with Crippen molar-refractivity contribution in [2.45, 2.75) is 26.9 Å². The zero-order chi connectivity index (χ0) is 17.7. The molecule has 8 nitrogen and oxygen atoms in total. The normalized spacial score (nSPS) is 17.5. The van der Waals surface area contributed by atoms with Crippen molar-refractivity contribution in [2.24, 2.45) is 5.10 Å². The fourth-order valence-corrected chi connectivity index (χ4v) is 2.21. The monoisotopic (exact) mass is 332 g/mol. The Bertz CT molecular complexity index is 669. The molecule has 2 rings (SSSR count). The summed E-state index contributed by atoms with van der Waals surface area (Å²) in [6, 6.07) is 7.18. The van der Waals surface area contributed by atoms with Crippen LogP contribution in [0.15, 0.2) is 29.4 Å². The first-order valence-corrected chi connectivity index (χ1v) is 7.50. The minimum Gasteiger partial charge on any atom is -0.442 e. The van der Waals surface area contributed by atoms with Gasteiger partial charge >= 0.3 is 6.09 Å². The SMILES string of the molecule is CC(=O)NCC1CN(c2ccc(/C(C)=N/NC(C)=O)cc2)C(=O)O1. The minimum absolute atomic E-state index is 0.164. The standard InChI is InChI=1S/C16H20N4O4/c1-10(18-19-12(3)22)13-4-6-14(7-5-13)20-9-15(24-16(20)23)8-17-11(2)21/h4-7,15H,8-9H2,1-3H3,(H,17,21)(H,19,22)/b18-10+. The predicted octanol–water partition coefficient (Wildman–Crippen LogP) is 1.01. The average Bonchev–Trinajstić information content (AvgIpc) is 2.91. The van der Waals surface area contributed by atoms with Crippen molar-refractivity contribution in [3.8, 4) is 0 Å². The first kappa shape index (κ1) is 17.5. The van der Waals surface area contributed by atoms with Crippen molar-refractivity contribution in [3.05, 3.63) is 29.8 Å². The van der Waals surface area contributed by atoms with Gasteiger partial charge in [-0.15, -0.1) is 0 Å². The molecule has 1 fully saturated rings. The van der Waals surface area contributed by atoms with Crippen molar-refractivity contribution in [2.75, 3.05) is 18.0 Å². The van der Waals surface area contributed by atoms with Gasteiger partial charge in [-0.2, -0.15) is 5.10 Å². The third kappa shape index (κ3) is 4.55. The van der Waals surface area contributed by atoms with Crippen LogP contribution in [-0.2, 0) is 14.3 Å². The van der Waals surface area contributed by atoms with E-state index in [1.165, 1.54) is 18.7 Å². The second-order valence-electron chi connectivity index (χ2n) is 5.47. The number of carbonyl (C=O) groups is 3. The minimum atomic E-state index is -0.443. The van der Waals surface area contributed by atoms with Crippen molar-refractivity contribution in [1.82, 2.24) is 10.7 Å². The van der Waals surface area contributed by atoms with E-state index in [2.05, 4.69) is 15.8 Å². The van der Waals surface area contributed by atoms with Crippen LogP contribution >= 0.6 is 0 Å². The zero-order valence-corrected chi connectivity index (χ0v) is 13.8. The Morgan fingerprint density at radius 1 is 1.21 bits per heavy atom. The lowest BCUT2D eigenvalue weighted by molar-refractivity contribution is -0.120. The first-order valence-electron chi connectivity index (χ1n) is 7.50. The molecule has 1 heterocycles. The van der Waals surface area contributed by atoms with Gasteiger partial charge in [-0.05, 0) is 24.6 Å². The topological polar surface area (TPSA) is 100 Å². The highest BCUT2D eigenvalue weighted by molar-refractivity contribution is 6.00. The van der Waals surface area contributed by atoms with Crippen LogP contribution in [0.4, 0.5) is 10.5 Å². The highest BCUT2D eigenvalue weighted by Crippen LogP contribution is 2.22. The van der Waals surface area contributed by atoms with Gasteiger partial charge in [-0.25, -0.2) is 10.2 Å². The summed E-state index contributed by atoms with van der Waals surface area (Å²) in [7, 11) is 0. The predicted molar refractivity (Wildman–Crippen MR) is 88.8 cm³/mol. The molecule has 0 bridgehead atoms. The van der Waals surface area contributed by atoms with E-state index in [0.717, 1.165) is 5.56 Å². The Morgan fingerprint density at radius 2 is 1.88 bits per heavy atom. The summed E-state index contributed by atoms with van der Waals surface area (Å²) in [4.78, 5) is 35.3. The van der Waals surface area contributed by atoms with Crippen LogP contribution in [0, 0.1) is 0 Å². The largest absolute Gasteiger partial charge is 0.442 e. The van der Waals surface area contributed by atoms with Gasteiger partial charge < -0.3 is 10.1 Å². The molecule has 1 aromatic carbocycles. The fourth-order valence-electron chi connectivity index (χ4n) is 2.21. The molecule has 0 saturated carbocycles. The lowest BCUT2D eigenvalue weighted by Crippen LogP contribution is -2.33.